The maximum Gasteiger partial charge on any atom is 0.416 e. The second-order valence-electron chi connectivity index (χ2n) is 31.8. The predicted molar refractivity (Wildman–Crippen MR) is 425 cm³/mol. The molecule has 12 aromatic rings. The summed E-state index contributed by atoms with van der Waals surface area (Å²) in [5.41, 5.74) is -54.9. The van der Waals surface area contributed by atoms with Gasteiger partial charge in [0, 0.05) is 22.3 Å². The molecule has 144 heavy (non-hydrogen) atoms. The van der Waals surface area contributed by atoms with Gasteiger partial charge in [0.15, 0.2) is 0 Å². The molecule has 0 saturated heterocycles. The minimum atomic E-state index is -6.13. The molecule has 0 heterocycles. The molecule has 0 aliphatic heterocycles. The van der Waals surface area contributed by atoms with Gasteiger partial charge in [0.25, 0.3) is 0 Å². The summed E-state index contributed by atoms with van der Waals surface area (Å²) in [7, 11) is 0. The van der Waals surface area contributed by atoms with Gasteiger partial charge in [0.1, 0.15) is 38.5 Å². The zero-order chi connectivity index (χ0) is 109. The van der Waals surface area contributed by atoms with Crippen LogP contribution >= 0.6 is 0 Å². The first-order chi connectivity index (χ1) is 65.4. The van der Waals surface area contributed by atoms with Crippen LogP contribution in [0.3, 0.4) is 0 Å². The molecule has 0 spiro atoms. The first kappa shape index (κ1) is 115. The third kappa shape index (κ3) is 28.9. The van der Waals surface area contributed by atoms with Crippen LogP contribution in [-0.4, -0.2) is 12.3 Å². The van der Waals surface area contributed by atoms with E-state index in [0.29, 0.717) is 0 Å². The van der Waals surface area contributed by atoms with Crippen molar-refractivity contribution in [3.63, 3.8) is 0 Å². The SMILES string of the molecule is FC(F)(F)c1cc([B-](c2cc(C(F)(F)F)cc(C(F)(F)F)c2)(c2cc(C(F)(F)F)cc(C(F)(F)F)c2)c2cc(C(F)(F)F)cc(C(F)(F)F)c2)cc(C(F)(F)F)c1.FC(F)(F)c1cc([B-](c2cc(C(F)(F)F)cc(C(F)(F)F)c2)(c2cc(C(F)(F)F)cc(C(F)(F)F)c2)c2cc(C(F)(F)F)cc(C(F)(F)F)c2)cc(C(F)(F)F)c1.c1ccc(C[NH2+]Cc2ccccc2)cc1.c1ccc(C[NH2+]Cc2ccccc2)cc1. The van der Waals surface area contributed by atoms with Gasteiger partial charge in [-0.3, -0.25) is 0 Å². The van der Waals surface area contributed by atoms with Crippen molar-refractivity contribution < 1.29 is 221 Å². The minimum absolute atomic E-state index is 0.691. The van der Waals surface area contributed by atoms with Crippen LogP contribution in [0.1, 0.15) is 111 Å². The molecule has 776 valence electrons. The molecule has 0 aromatic heterocycles. The zero-order valence-electron chi connectivity index (χ0n) is 70.7. The molecule has 0 aliphatic rings. The number of quaternary nitrogens is 2. The summed E-state index contributed by atoms with van der Waals surface area (Å²) in [6.07, 6.45) is -110. The maximum absolute atomic E-state index is 14.2. The van der Waals surface area contributed by atoms with E-state index in [2.05, 4.69) is 132 Å². The predicted octanol–water partition coefficient (Wildman–Crippen LogP) is 26.3. The second kappa shape index (κ2) is 41.4. The van der Waals surface area contributed by atoms with E-state index in [1.165, 1.54) is 22.3 Å². The van der Waals surface area contributed by atoms with Gasteiger partial charge >= 0.3 is 98.8 Å². The van der Waals surface area contributed by atoms with Gasteiger partial charge in [-0.15, -0.1) is 0 Å². The molecule has 0 atom stereocenters. The molecule has 0 amide bonds. The molecule has 0 bridgehead atoms. The molecule has 52 heteroatoms. The van der Waals surface area contributed by atoms with Gasteiger partial charge in [-0.2, -0.15) is 254 Å². The van der Waals surface area contributed by atoms with Crippen molar-refractivity contribution in [1.29, 1.82) is 0 Å². The summed E-state index contributed by atoms with van der Waals surface area (Å²) in [4.78, 5) is 0. The van der Waals surface area contributed by atoms with E-state index in [9.17, 15) is 211 Å². The Morgan fingerprint density at radius 2 is 0.208 bits per heavy atom. The van der Waals surface area contributed by atoms with Crippen molar-refractivity contribution in [2.24, 2.45) is 0 Å². The third-order valence-electron chi connectivity index (χ3n) is 21.8. The summed E-state index contributed by atoms with van der Waals surface area (Å²) < 4.78 is 682. The molecule has 0 unspecified atom stereocenters. The first-order valence-electron chi connectivity index (χ1n) is 39.9. The fourth-order valence-corrected chi connectivity index (χ4v) is 15.4. The number of rotatable bonds is 16. The highest BCUT2D eigenvalue weighted by Gasteiger charge is 2.52. The normalized spacial score (nSPS) is 13.4. The highest BCUT2D eigenvalue weighted by atomic mass is 19.5. The molecular weight excluding hydrogens is 2070 g/mol. The maximum atomic E-state index is 14.2. The van der Waals surface area contributed by atoms with Gasteiger partial charge in [-0.25, -0.2) is 0 Å². The van der Waals surface area contributed by atoms with Crippen molar-refractivity contribution in [2.45, 2.75) is 125 Å². The fourth-order valence-electron chi connectivity index (χ4n) is 15.4. The summed E-state index contributed by atoms with van der Waals surface area (Å²) in [5.74, 6) is 0. The number of halogens is 48. The van der Waals surface area contributed by atoms with Gasteiger partial charge in [0.2, 0.25) is 0 Å². The standard InChI is InChI=1S/2C32H12BF24.2C14H15N/c2*34-25(35,36)13-1-14(26(37,38)39)6-21(5-13)33(22-7-15(27(40,41)42)2-16(8-22)28(43,44)45,23-9-17(29(46,47)48)3-18(10-23)30(49,50)51)24-11-19(31(52,53)54)4-20(12-24)32(55,56)57;2*1-3-7-13(8-4-1)11-15-12-14-9-5-2-6-10-14/h2*1-12H;2*1-10,15H,11-12H2/q2*-1;;/p+2. The molecule has 2 nitrogen and oxygen atoms in total. The molecular formula is C92H56B2F48N2. The highest BCUT2D eigenvalue weighted by Crippen LogP contribution is 2.47. The summed E-state index contributed by atoms with van der Waals surface area (Å²) in [5, 5.41) is 4.65. The molecule has 0 radical (unpaired) electrons. The number of hydrogen-bond acceptors (Lipinski definition) is 0. The lowest BCUT2D eigenvalue weighted by molar-refractivity contribution is -0.686. The topological polar surface area (TPSA) is 33.2 Å². The van der Waals surface area contributed by atoms with Crippen molar-refractivity contribution >= 4 is 56.0 Å². The Bertz CT molecular complexity index is 5060. The Labute approximate surface area is 778 Å². The van der Waals surface area contributed by atoms with E-state index in [4.69, 9.17) is 0 Å². The van der Waals surface area contributed by atoms with Crippen LogP contribution in [-0.2, 0) is 125 Å². The lowest BCUT2D eigenvalue weighted by Crippen LogP contribution is -2.80. The van der Waals surface area contributed by atoms with Gasteiger partial charge < -0.3 is 10.6 Å². The van der Waals surface area contributed by atoms with Gasteiger partial charge in [-0.05, 0) is 48.5 Å². The van der Waals surface area contributed by atoms with Crippen LogP contribution in [0.15, 0.2) is 267 Å². The van der Waals surface area contributed by atoms with E-state index < -0.39 is 389 Å². The molecule has 0 fully saturated rings. The van der Waals surface area contributed by atoms with Crippen LogP contribution in [0, 0.1) is 0 Å². The molecule has 0 saturated carbocycles. The third-order valence-corrected chi connectivity index (χ3v) is 21.8. The lowest BCUT2D eigenvalue weighted by atomic mass is 9.12. The number of nitrogens with two attached hydrogens (primary N) is 2. The number of benzene rings is 12. The summed E-state index contributed by atoms with van der Waals surface area (Å²) >= 11 is 0. The van der Waals surface area contributed by atoms with E-state index in [0.717, 1.165) is 26.2 Å². The van der Waals surface area contributed by atoms with Crippen LogP contribution in [0.25, 0.3) is 0 Å². The molecule has 12 rings (SSSR count). The largest absolute Gasteiger partial charge is 0.416 e. The molecule has 12 aromatic carbocycles. The van der Waals surface area contributed by atoms with Crippen LogP contribution in [0.5, 0.6) is 0 Å². The number of alkyl halides is 48. The minimum Gasteiger partial charge on any atom is -0.339 e. The second-order valence-corrected chi connectivity index (χ2v) is 31.8. The molecule has 0 aliphatic carbocycles. The Morgan fingerprint density at radius 3 is 0.285 bits per heavy atom. The van der Waals surface area contributed by atoms with Gasteiger partial charge in [-0.1, -0.05) is 218 Å². The van der Waals surface area contributed by atoms with Crippen LogP contribution < -0.4 is 54.3 Å². The van der Waals surface area contributed by atoms with Crippen molar-refractivity contribution in [3.8, 4) is 0 Å². The Kier molecular flexibility index (Phi) is 33.1. The van der Waals surface area contributed by atoms with E-state index in [1.807, 2.05) is 0 Å². The monoisotopic (exact) mass is 2120 g/mol. The zero-order valence-corrected chi connectivity index (χ0v) is 70.7. The van der Waals surface area contributed by atoms with E-state index >= 15 is 0 Å². The molecule has 4 N–H and O–H groups in total. The Morgan fingerprint density at radius 1 is 0.125 bits per heavy atom. The van der Waals surface area contributed by atoms with Crippen LogP contribution in [0.4, 0.5) is 211 Å². The fraction of sp³-hybridized carbons (Fsp3) is 0.217. The Balaban J connectivity index is 0.000000247. The lowest BCUT2D eigenvalue weighted by Gasteiger charge is -2.46. The van der Waals surface area contributed by atoms with Crippen LogP contribution in [0.2, 0.25) is 0 Å². The highest BCUT2D eigenvalue weighted by molar-refractivity contribution is 7.20. The van der Waals surface area contributed by atoms with Crippen molar-refractivity contribution in [2.75, 3.05) is 0 Å². The number of hydrogen-bond donors (Lipinski definition) is 2. The average Bonchev–Trinajstić information content (AvgIpc) is 0.708. The van der Waals surface area contributed by atoms with Crippen molar-refractivity contribution in [3.05, 3.63) is 378 Å². The smallest absolute Gasteiger partial charge is 0.339 e. The first-order valence-corrected chi connectivity index (χ1v) is 39.9. The summed E-state index contributed by atoms with van der Waals surface area (Å²) in [6.45, 7) is 4.21. The van der Waals surface area contributed by atoms with Gasteiger partial charge in [0.05, 0.1) is 89.0 Å². The average molecular weight is 2120 g/mol. The summed E-state index contributed by atoms with van der Waals surface area (Å²) in [6, 6.07) is 24.7. The Hall–Kier alpha value is -12.7. The van der Waals surface area contributed by atoms with Crippen molar-refractivity contribution in [1.82, 2.24) is 0 Å². The van der Waals surface area contributed by atoms with E-state index in [1.54, 1.807) is 0 Å². The quantitative estimate of drug-likeness (QED) is 0.0714. The van der Waals surface area contributed by atoms with E-state index in [-0.39, 0.29) is 0 Å².